The Morgan fingerprint density at radius 1 is 1.15 bits per heavy atom. The van der Waals surface area contributed by atoms with Gasteiger partial charge in [-0.2, -0.15) is 0 Å². The Balaban J connectivity index is 1.79. The highest BCUT2D eigenvalue weighted by Crippen LogP contribution is 2.24. The van der Waals surface area contributed by atoms with E-state index < -0.39 is 12.0 Å². The molecule has 2 fully saturated rings. The molecule has 2 rings (SSSR count). The van der Waals surface area contributed by atoms with Crippen molar-refractivity contribution < 1.29 is 14.7 Å². The smallest absolute Gasteiger partial charge is 0.320 e. The van der Waals surface area contributed by atoms with Crippen LogP contribution in [0.25, 0.3) is 0 Å². The lowest BCUT2D eigenvalue weighted by Crippen LogP contribution is -2.44. The average Bonchev–Trinajstić information content (AvgIpc) is 2.88. The molecular weight excluding hydrogens is 256 g/mol. The maximum Gasteiger partial charge on any atom is 0.320 e. The maximum atomic E-state index is 12.2. The largest absolute Gasteiger partial charge is 0.480 e. The van der Waals surface area contributed by atoms with Crippen molar-refractivity contribution in [1.29, 1.82) is 0 Å². The van der Waals surface area contributed by atoms with Crippen molar-refractivity contribution in [3.63, 3.8) is 0 Å². The summed E-state index contributed by atoms with van der Waals surface area (Å²) in [6.07, 6.45) is 7.85. The van der Waals surface area contributed by atoms with Crippen LogP contribution in [0.2, 0.25) is 0 Å². The molecule has 2 aliphatic rings. The van der Waals surface area contributed by atoms with Gasteiger partial charge in [-0.3, -0.25) is 14.5 Å². The van der Waals surface area contributed by atoms with Crippen LogP contribution in [0.3, 0.4) is 0 Å². The van der Waals surface area contributed by atoms with Gasteiger partial charge >= 0.3 is 5.97 Å². The first kappa shape index (κ1) is 15.3. The fourth-order valence-corrected chi connectivity index (χ4v) is 3.45. The summed E-state index contributed by atoms with van der Waals surface area (Å²) in [5, 5.41) is 9.13. The number of amides is 1. The molecular formula is C15H26N2O3. The summed E-state index contributed by atoms with van der Waals surface area (Å²) in [6.45, 7) is 1.80. The number of aliphatic carboxylic acids is 1. The second-order valence-electron chi connectivity index (χ2n) is 6.25. The second kappa shape index (κ2) is 7.07. The lowest BCUT2D eigenvalue weighted by Gasteiger charge is -2.29. The van der Waals surface area contributed by atoms with Gasteiger partial charge in [0.05, 0.1) is 6.54 Å². The summed E-state index contributed by atoms with van der Waals surface area (Å²) < 4.78 is 0. The SMILES string of the molecule is CN(CC1CCCCC1)C(=O)CN1CCC[C@@H]1C(=O)O. The van der Waals surface area contributed by atoms with E-state index in [2.05, 4.69) is 0 Å². The Bertz CT molecular complexity index is 353. The fraction of sp³-hybridized carbons (Fsp3) is 0.867. The molecule has 0 radical (unpaired) electrons. The van der Waals surface area contributed by atoms with Crippen molar-refractivity contribution in [2.75, 3.05) is 26.7 Å². The molecule has 0 spiro atoms. The van der Waals surface area contributed by atoms with Gasteiger partial charge in [-0.25, -0.2) is 0 Å². The van der Waals surface area contributed by atoms with Crippen molar-refractivity contribution in [3.05, 3.63) is 0 Å². The lowest BCUT2D eigenvalue weighted by molar-refractivity contribution is -0.143. The predicted octanol–water partition coefficient (Wildman–Crippen LogP) is 1.57. The van der Waals surface area contributed by atoms with Gasteiger partial charge in [0.25, 0.3) is 0 Å². The van der Waals surface area contributed by atoms with E-state index in [4.69, 9.17) is 5.11 Å². The Morgan fingerprint density at radius 3 is 2.50 bits per heavy atom. The zero-order valence-corrected chi connectivity index (χ0v) is 12.4. The quantitative estimate of drug-likeness (QED) is 0.831. The summed E-state index contributed by atoms with van der Waals surface area (Å²) in [6, 6.07) is -0.470. The van der Waals surface area contributed by atoms with Crippen LogP contribution in [0, 0.1) is 5.92 Å². The van der Waals surface area contributed by atoms with Gasteiger partial charge in [0.2, 0.25) is 5.91 Å². The number of nitrogens with zero attached hydrogens (tertiary/aromatic N) is 2. The van der Waals surface area contributed by atoms with Crippen LogP contribution in [0.1, 0.15) is 44.9 Å². The lowest BCUT2D eigenvalue weighted by atomic mass is 9.89. The molecule has 114 valence electrons. The molecule has 1 aliphatic carbocycles. The normalized spacial score (nSPS) is 24.8. The van der Waals surface area contributed by atoms with Crippen molar-refractivity contribution in [1.82, 2.24) is 9.80 Å². The Hall–Kier alpha value is -1.10. The zero-order valence-electron chi connectivity index (χ0n) is 12.4. The number of carbonyl (C=O) groups excluding carboxylic acids is 1. The first-order valence-electron chi connectivity index (χ1n) is 7.78. The van der Waals surface area contributed by atoms with Gasteiger partial charge in [0.1, 0.15) is 6.04 Å². The van der Waals surface area contributed by atoms with E-state index in [0.29, 0.717) is 12.3 Å². The van der Waals surface area contributed by atoms with E-state index in [1.165, 1.54) is 32.1 Å². The number of hydrogen-bond donors (Lipinski definition) is 1. The molecule has 1 atom stereocenters. The number of likely N-dealkylation sites (tertiary alicyclic amines) is 1. The predicted molar refractivity (Wildman–Crippen MR) is 76.4 cm³/mol. The van der Waals surface area contributed by atoms with E-state index in [0.717, 1.165) is 19.5 Å². The van der Waals surface area contributed by atoms with Crippen LogP contribution in [0.15, 0.2) is 0 Å². The second-order valence-corrected chi connectivity index (χ2v) is 6.25. The van der Waals surface area contributed by atoms with E-state index in [1.807, 2.05) is 11.9 Å². The number of carboxylic acid groups (broad SMARTS) is 1. The molecule has 0 aromatic rings. The molecule has 0 aromatic heterocycles. The average molecular weight is 282 g/mol. The topological polar surface area (TPSA) is 60.9 Å². The number of carbonyl (C=O) groups is 2. The van der Waals surface area contributed by atoms with Crippen molar-refractivity contribution in [2.24, 2.45) is 5.92 Å². The zero-order chi connectivity index (χ0) is 14.5. The molecule has 1 saturated heterocycles. The van der Waals surface area contributed by atoms with E-state index in [9.17, 15) is 9.59 Å². The van der Waals surface area contributed by atoms with Gasteiger partial charge in [0.15, 0.2) is 0 Å². The monoisotopic (exact) mass is 282 g/mol. The Morgan fingerprint density at radius 2 is 1.85 bits per heavy atom. The van der Waals surface area contributed by atoms with E-state index in [1.54, 1.807) is 4.90 Å². The van der Waals surface area contributed by atoms with Gasteiger partial charge in [0, 0.05) is 13.6 Å². The molecule has 1 saturated carbocycles. The third-order valence-electron chi connectivity index (χ3n) is 4.67. The van der Waals surface area contributed by atoms with Crippen LogP contribution in [-0.4, -0.2) is 59.5 Å². The van der Waals surface area contributed by atoms with Gasteiger partial charge in [-0.05, 0) is 38.1 Å². The molecule has 20 heavy (non-hydrogen) atoms. The van der Waals surface area contributed by atoms with Crippen molar-refractivity contribution >= 4 is 11.9 Å². The highest BCUT2D eigenvalue weighted by Gasteiger charge is 2.32. The molecule has 5 nitrogen and oxygen atoms in total. The summed E-state index contributed by atoms with van der Waals surface area (Å²) >= 11 is 0. The third kappa shape index (κ3) is 3.95. The number of likely N-dealkylation sites (N-methyl/N-ethyl adjacent to an activating group) is 1. The summed E-state index contributed by atoms with van der Waals surface area (Å²) in [4.78, 5) is 27.0. The molecule has 0 unspecified atom stereocenters. The molecule has 0 bridgehead atoms. The van der Waals surface area contributed by atoms with Crippen LogP contribution in [0.5, 0.6) is 0 Å². The van der Waals surface area contributed by atoms with Crippen LogP contribution in [0.4, 0.5) is 0 Å². The molecule has 0 aromatic carbocycles. The van der Waals surface area contributed by atoms with Crippen LogP contribution < -0.4 is 0 Å². The Labute approximate surface area is 120 Å². The van der Waals surface area contributed by atoms with E-state index in [-0.39, 0.29) is 12.5 Å². The highest BCUT2D eigenvalue weighted by molar-refractivity contribution is 5.80. The Kier molecular flexibility index (Phi) is 5.40. The highest BCUT2D eigenvalue weighted by atomic mass is 16.4. The number of hydrogen-bond acceptors (Lipinski definition) is 3. The molecule has 1 heterocycles. The van der Waals surface area contributed by atoms with Crippen LogP contribution >= 0.6 is 0 Å². The molecule has 1 amide bonds. The molecule has 5 heteroatoms. The minimum Gasteiger partial charge on any atom is -0.480 e. The van der Waals surface area contributed by atoms with Crippen molar-refractivity contribution in [2.45, 2.75) is 51.0 Å². The first-order chi connectivity index (χ1) is 9.58. The summed E-state index contributed by atoms with van der Waals surface area (Å²) in [5.74, 6) is -0.111. The minimum atomic E-state index is -0.801. The fourth-order valence-electron chi connectivity index (χ4n) is 3.45. The molecule has 1 N–H and O–H groups in total. The van der Waals surface area contributed by atoms with Crippen LogP contribution in [-0.2, 0) is 9.59 Å². The minimum absolute atomic E-state index is 0.0590. The maximum absolute atomic E-state index is 12.2. The van der Waals surface area contributed by atoms with Gasteiger partial charge in [-0.1, -0.05) is 19.3 Å². The molecule has 1 aliphatic heterocycles. The standard InChI is InChI=1S/C15H26N2O3/c1-16(10-12-6-3-2-4-7-12)14(18)11-17-9-5-8-13(17)15(19)20/h12-13H,2-11H2,1H3,(H,19,20)/t13-/m1/s1. The number of carboxylic acids is 1. The first-order valence-corrected chi connectivity index (χ1v) is 7.78. The van der Waals surface area contributed by atoms with E-state index >= 15 is 0 Å². The third-order valence-corrected chi connectivity index (χ3v) is 4.67. The number of rotatable bonds is 5. The van der Waals surface area contributed by atoms with Gasteiger partial charge in [-0.15, -0.1) is 0 Å². The summed E-state index contributed by atoms with van der Waals surface area (Å²) in [5.41, 5.74) is 0. The van der Waals surface area contributed by atoms with Gasteiger partial charge < -0.3 is 10.0 Å². The van der Waals surface area contributed by atoms with Crippen molar-refractivity contribution in [3.8, 4) is 0 Å². The summed E-state index contributed by atoms with van der Waals surface area (Å²) in [7, 11) is 1.85.